The summed E-state index contributed by atoms with van der Waals surface area (Å²) in [5.74, 6) is -0.709. The van der Waals surface area contributed by atoms with Gasteiger partial charge in [0, 0.05) is 28.6 Å². The third-order valence-corrected chi connectivity index (χ3v) is 5.72. The SMILES string of the molecule is COC(=O)CN1C(=S)N(C)C(=O)/C1=C/c1cc(C)n(-c2ccc(Br)cc2)c1C. The molecule has 1 aromatic heterocycles. The van der Waals surface area contributed by atoms with Gasteiger partial charge >= 0.3 is 5.97 Å². The number of carbonyl (C=O) groups is 2. The first-order valence-electron chi connectivity index (χ1n) is 8.57. The van der Waals surface area contributed by atoms with Crippen LogP contribution in [0.2, 0.25) is 0 Å². The molecule has 146 valence electrons. The molecule has 1 aliphatic heterocycles. The molecule has 1 fully saturated rings. The molecule has 0 N–H and O–H groups in total. The van der Waals surface area contributed by atoms with Crippen LogP contribution in [0.3, 0.4) is 0 Å². The maximum atomic E-state index is 12.7. The van der Waals surface area contributed by atoms with Gasteiger partial charge in [0.05, 0.1) is 7.11 Å². The van der Waals surface area contributed by atoms with Gasteiger partial charge < -0.3 is 14.2 Å². The monoisotopic (exact) mass is 461 g/mol. The molecule has 0 aliphatic carbocycles. The van der Waals surface area contributed by atoms with Crippen LogP contribution in [0.15, 0.2) is 40.5 Å². The topological polar surface area (TPSA) is 54.8 Å². The van der Waals surface area contributed by atoms with Crippen molar-refractivity contribution >= 4 is 51.2 Å². The van der Waals surface area contributed by atoms with Crippen LogP contribution in [0.25, 0.3) is 11.8 Å². The Bertz CT molecular complexity index is 995. The zero-order chi connectivity index (χ0) is 20.6. The van der Waals surface area contributed by atoms with Crippen LogP contribution in [0, 0.1) is 13.8 Å². The normalized spacial score (nSPS) is 15.7. The van der Waals surface area contributed by atoms with Gasteiger partial charge in [0.25, 0.3) is 5.91 Å². The first kappa shape index (κ1) is 20.3. The molecule has 6 nitrogen and oxygen atoms in total. The van der Waals surface area contributed by atoms with E-state index >= 15 is 0 Å². The van der Waals surface area contributed by atoms with Gasteiger partial charge in [0.2, 0.25) is 0 Å². The van der Waals surface area contributed by atoms with E-state index in [0.29, 0.717) is 5.70 Å². The average Bonchev–Trinajstić information content (AvgIpc) is 3.05. The van der Waals surface area contributed by atoms with Gasteiger partial charge in [-0.1, -0.05) is 15.9 Å². The van der Waals surface area contributed by atoms with Gasteiger partial charge in [-0.25, -0.2) is 0 Å². The number of esters is 1. The standard InChI is InChI=1S/C20H20BrN3O3S/c1-12-9-14(13(2)24(12)16-7-5-15(21)6-8-16)10-17-19(26)22(3)20(28)23(17)11-18(25)27-4/h5-10H,11H2,1-4H3/b17-10-. The number of amides is 1. The molecule has 0 radical (unpaired) electrons. The lowest BCUT2D eigenvalue weighted by Crippen LogP contribution is -2.33. The maximum Gasteiger partial charge on any atom is 0.325 e. The number of thiocarbonyl (C=S) groups is 1. The van der Waals surface area contributed by atoms with E-state index in [1.165, 1.54) is 16.9 Å². The lowest BCUT2D eigenvalue weighted by atomic mass is 10.2. The molecule has 2 heterocycles. The number of carbonyl (C=O) groups excluding carboxylic acids is 2. The zero-order valence-corrected chi connectivity index (χ0v) is 18.4. The highest BCUT2D eigenvalue weighted by Gasteiger charge is 2.37. The van der Waals surface area contributed by atoms with Crippen molar-refractivity contribution in [2.24, 2.45) is 0 Å². The molecule has 3 rings (SSSR count). The molecule has 2 aromatic rings. The van der Waals surface area contributed by atoms with E-state index < -0.39 is 5.97 Å². The largest absolute Gasteiger partial charge is 0.468 e. The van der Waals surface area contributed by atoms with Crippen LogP contribution in [-0.2, 0) is 14.3 Å². The minimum Gasteiger partial charge on any atom is -0.468 e. The number of aromatic nitrogens is 1. The number of methoxy groups -OCH3 is 1. The van der Waals surface area contributed by atoms with Crippen molar-refractivity contribution in [3.05, 3.63) is 57.5 Å². The second-order valence-electron chi connectivity index (χ2n) is 6.48. The Morgan fingerprint density at radius 3 is 2.50 bits per heavy atom. The van der Waals surface area contributed by atoms with E-state index in [1.807, 2.05) is 44.2 Å². The van der Waals surface area contributed by atoms with Gasteiger partial charge in [-0.2, -0.15) is 0 Å². The second kappa shape index (κ2) is 7.89. The molecule has 1 aliphatic rings. The fourth-order valence-corrected chi connectivity index (χ4v) is 3.72. The Balaban J connectivity index is 2.05. The third kappa shape index (κ3) is 3.62. The van der Waals surface area contributed by atoms with E-state index in [4.69, 9.17) is 17.0 Å². The molecule has 0 unspecified atom stereocenters. The highest BCUT2D eigenvalue weighted by atomic mass is 79.9. The first-order valence-corrected chi connectivity index (χ1v) is 9.77. The summed E-state index contributed by atoms with van der Waals surface area (Å²) in [6, 6.07) is 10.0. The van der Waals surface area contributed by atoms with Gasteiger partial charge in [-0.15, -0.1) is 0 Å². The van der Waals surface area contributed by atoms with Crippen LogP contribution in [0.1, 0.15) is 17.0 Å². The Labute approximate surface area is 177 Å². The lowest BCUT2D eigenvalue weighted by molar-refractivity contribution is -0.140. The molecule has 1 amide bonds. The molecule has 0 saturated carbocycles. The second-order valence-corrected chi connectivity index (χ2v) is 7.76. The molecule has 28 heavy (non-hydrogen) atoms. The van der Waals surface area contributed by atoms with Crippen molar-refractivity contribution < 1.29 is 14.3 Å². The predicted molar refractivity (Wildman–Crippen MR) is 115 cm³/mol. The highest BCUT2D eigenvalue weighted by molar-refractivity contribution is 9.10. The van der Waals surface area contributed by atoms with Crippen molar-refractivity contribution in [3.63, 3.8) is 0 Å². The summed E-state index contributed by atoms with van der Waals surface area (Å²) in [4.78, 5) is 27.3. The number of likely N-dealkylation sites (N-methyl/N-ethyl adjacent to an activating group) is 1. The van der Waals surface area contributed by atoms with Crippen molar-refractivity contribution in [3.8, 4) is 5.69 Å². The van der Waals surface area contributed by atoms with Gasteiger partial charge in [-0.05, 0) is 68.0 Å². The smallest absolute Gasteiger partial charge is 0.325 e. The minimum atomic E-state index is -0.461. The highest BCUT2D eigenvalue weighted by Crippen LogP contribution is 2.27. The summed E-state index contributed by atoms with van der Waals surface area (Å²) >= 11 is 8.78. The summed E-state index contributed by atoms with van der Waals surface area (Å²) in [6.07, 6.45) is 1.78. The van der Waals surface area contributed by atoms with E-state index in [1.54, 1.807) is 13.1 Å². The molecule has 0 atom stereocenters. The summed E-state index contributed by atoms with van der Waals surface area (Å²) in [5.41, 5.74) is 4.29. The van der Waals surface area contributed by atoms with Gasteiger partial charge in [0.15, 0.2) is 5.11 Å². The maximum absolute atomic E-state index is 12.7. The quantitative estimate of drug-likeness (QED) is 0.396. The van der Waals surface area contributed by atoms with E-state index in [-0.39, 0.29) is 17.6 Å². The lowest BCUT2D eigenvalue weighted by Gasteiger charge is -2.17. The van der Waals surface area contributed by atoms with Crippen LogP contribution in [-0.4, -0.2) is 52.1 Å². The van der Waals surface area contributed by atoms with E-state index in [2.05, 4.69) is 20.5 Å². The van der Waals surface area contributed by atoms with Crippen molar-refractivity contribution in [1.82, 2.24) is 14.4 Å². The summed E-state index contributed by atoms with van der Waals surface area (Å²) in [5, 5.41) is 0.281. The minimum absolute atomic E-state index is 0.108. The van der Waals surface area contributed by atoms with E-state index in [9.17, 15) is 9.59 Å². The Morgan fingerprint density at radius 1 is 1.25 bits per heavy atom. The number of benzene rings is 1. The number of halogens is 1. The Morgan fingerprint density at radius 2 is 1.89 bits per heavy atom. The number of rotatable bonds is 4. The van der Waals surface area contributed by atoms with E-state index in [0.717, 1.165) is 27.1 Å². The van der Waals surface area contributed by atoms with Gasteiger partial charge in [0.1, 0.15) is 12.2 Å². The average molecular weight is 462 g/mol. The van der Waals surface area contributed by atoms with Crippen molar-refractivity contribution in [1.29, 1.82) is 0 Å². The number of ether oxygens (including phenoxy) is 1. The van der Waals surface area contributed by atoms with Crippen LogP contribution < -0.4 is 0 Å². The molecular weight excluding hydrogens is 442 g/mol. The Kier molecular flexibility index (Phi) is 5.71. The molecule has 8 heteroatoms. The first-order chi connectivity index (χ1) is 13.2. The van der Waals surface area contributed by atoms with Crippen molar-refractivity contribution in [2.45, 2.75) is 13.8 Å². The fraction of sp³-hybridized carbons (Fsp3) is 0.250. The summed E-state index contributed by atoms with van der Waals surface area (Å²) in [6.45, 7) is 3.90. The predicted octanol–water partition coefficient (Wildman–Crippen LogP) is 3.43. The van der Waals surface area contributed by atoms with Crippen LogP contribution >= 0.6 is 28.1 Å². The third-order valence-electron chi connectivity index (χ3n) is 4.69. The summed E-state index contributed by atoms with van der Waals surface area (Å²) in [7, 11) is 2.91. The number of hydrogen-bond donors (Lipinski definition) is 0. The number of hydrogen-bond acceptors (Lipinski definition) is 4. The summed E-state index contributed by atoms with van der Waals surface area (Å²) < 4.78 is 7.86. The Hall–Kier alpha value is -2.45. The molecular formula is C20H20BrN3O3S. The van der Waals surface area contributed by atoms with Crippen LogP contribution in [0.4, 0.5) is 0 Å². The molecule has 0 spiro atoms. The van der Waals surface area contributed by atoms with Crippen LogP contribution in [0.5, 0.6) is 0 Å². The molecule has 0 bridgehead atoms. The molecule has 1 aromatic carbocycles. The zero-order valence-electron chi connectivity index (χ0n) is 16.0. The van der Waals surface area contributed by atoms with Crippen molar-refractivity contribution in [2.75, 3.05) is 20.7 Å². The van der Waals surface area contributed by atoms with Gasteiger partial charge in [-0.3, -0.25) is 14.5 Å². The number of nitrogens with zero attached hydrogens (tertiary/aromatic N) is 3. The fourth-order valence-electron chi connectivity index (χ4n) is 3.21. The molecule has 1 saturated heterocycles. The number of aryl methyl sites for hydroxylation is 1.